The molecular weight excluding hydrogens is 406 g/mol. The molecule has 0 unspecified atom stereocenters. The molecule has 0 N–H and O–H groups in total. The van der Waals surface area contributed by atoms with Gasteiger partial charge in [-0.15, -0.1) is 0 Å². The third-order valence-corrected chi connectivity index (χ3v) is 5.54. The van der Waals surface area contributed by atoms with E-state index in [0.29, 0.717) is 17.4 Å². The van der Waals surface area contributed by atoms with E-state index in [1.807, 2.05) is 45.0 Å². The Morgan fingerprint density at radius 1 is 1.23 bits per heavy atom. The average Bonchev–Trinajstić information content (AvgIpc) is 2.87. The number of carbonyl (C=O) groups is 2. The van der Waals surface area contributed by atoms with Crippen LogP contribution >= 0.6 is 11.6 Å². The molecule has 8 heteroatoms. The van der Waals surface area contributed by atoms with Crippen molar-refractivity contribution in [3.8, 4) is 5.75 Å². The van der Waals surface area contributed by atoms with Crippen molar-refractivity contribution in [3.63, 3.8) is 0 Å². The van der Waals surface area contributed by atoms with E-state index in [1.165, 1.54) is 6.20 Å². The lowest BCUT2D eigenvalue weighted by Crippen LogP contribution is -2.65. The highest BCUT2D eigenvalue weighted by molar-refractivity contribution is 6.30. The third kappa shape index (κ3) is 3.47. The third-order valence-electron chi connectivity index (χ3n) is 5.33. The number of rotatable bonds is 3. The first-order valence-corrected chi connectivity index (χ1v) is 10.1. The number of pyridine rings is 1. The molecule has 2 aliphatic heterocycles. The van der Waals surface area contributed by atoms with E-state index < -0.39 is 17.1 Å². The molecule has 1 fully saturated rings. The number of ether oxygens (including phenoxy) is 2. The molecule has 1 saturated heterocycles. The maximum absolute atomic E-state index is 13.5. The van der Waals surface area contributed by atoms with Crippen LogP contribution in [0.3, 0.4) is 0 Å². The highest BCUT2D eigenvalue weighted by atomic mass is 35.5. The van der Waals surface area contributed by atoms with Gasteiger partial charge >= 0.3 is 6.09 Å². The van der Waals surface area contributed by atoms with Crippen LogP contribution in [0.25, 0.3) is 0 Å². The van der Waals surface area contributed by atoms with Crippen LogP contribution in [-0.4, -0.2) is 47.7 Å². The predicted octanol–water partition coefficient (Wildman–Crippen LogP) is 3.78. The number of fused-ring (bicyclic) bond motifs is 2. The van der Waals surface area contributed by atoms with Crippen LogP contribution in [-0.2, 0) is 21.5 Å². The van der Waals surface area contributed by atoms with Gasteiger partial charge in [0, 0.05) is 24.8 Å². The second kappa shape index (κ2) is 7.16. The SMILES string of the molecule is COc1ccc(CN2C(=O)C3(CN(C(=O)OC(C)(C)C)C3)c3cc(Cl)cnc32)cc1. The number of nitrogens with zero attached hydrogens (tertiary/aromatic N) is 3. The molecule has 3 heterocycles. The zero-order valence-electron chi connectivity index (χ0n) is 17.4. The second-order valence-electron chi connectivity index (χ2n) is 8.68. The summed E-state index contributed by atoms with van der Waals surface area (Å²) < 4.78 is 10.6. The average molecular weight is 430 g/mol. The molecule has 1 aromatic heterocycles. The van der Waals surface area contributed by atoms with Crippen LogP contribution in [0.5, 0.6) is 5.75 Å². The van der Waals surface area contributed by atoms with Crippen molar-refractivity contribution >= 4 is 29.4 Å². The summed E-state index contributed by atoms with van der Waals surface area (Å²) in [7, 11) is 1.61. The van der Waals surface area contributed by atoms with Crippen molar-refractivity contribution in [2.45, 2.75) is 38.3 Å². The van der Waals surface area contributed by atoms with Crippen molar-refractivity contribution in [1.82, 2.24) is 9.88 Å². The highest BCUT2D eigenvalue weighted by Gasteiger charge is 2.60. The van der Waals surface area contributed by atoms with Gasteiger partial charge in [-0.05, 0) is 44.5 Å². The minimum Gasteiger partial charge on any atom is -0.497 e. The number of methoxy groups -OCH3 is 1. The van der Waals surface area contributed by atoms with Crippen LogP contribution in [0, 0.1) is 0 Å². The van der Waals surface area contributed by atoms with Crippen molar-refractivity contribution in [2.75, 3.05) is 25.1 Å². The Morgan fingerprint density at radius 3 is 2.50 bits per heavy atom. The lowest BCUT2D eigenvalue weighted by molar-refractivity contribution is -0.129. The number of likely N-dealkylation sites (tertiary alicyclic amines) is 1. The summed E-state index contributed by atoms with van der Waals surface area (Å²) in [6.45, 7) is 6.31. The number of aromatic nitrogens is 1. The number of amides is 2. The van der Waals surface area contributed by atoms with Crippen LogP contribution in [0.2, 0.25) is 5.02 Å². The fourth-order valence-electron chi connectivity index (χ4n) is 3.90. The van der Waals surface area contributed by atoms with Crippen molar-refractivity contribution in [2.24, 2.45) is 0 Å². The molecule has 0 saturated carbocycles. The van der Waals surface area contributed by atoms with Crippen LogP contribution < -0.4 is 9.64 Å². The van der Waals surface area contributed by atoms with Crippen LogP contribution in [0.1, 0.15) is 31.9 Å². The van der Waals surface area contributed by atoms with Crippen molar-refractivity contribution < 1.29 is 19.1 Å². The smallest absolute Gasteiger partial charge is 0.410 e. The topological polar surface area (TPSA) is 72.0 Å². The molecule has 0 bridgehead atoms. The van der Waals surface area contributed by atoms with Crippen LogP contribution in [0.15, 0.2) is 36.5 Å². The van der Waals surface area contributed by atoms with Gasteiger partial charge in [0.2, 0.25) is 5.91 Å². The first kappa shape index (κ1) is 20.5. The van der Waals surface area contributed by atoms with Crippen molar-refractivity contribution in [3.05, 3.63) is 52.7 Å². The summed E-state index contributed by atoms with van der Waals surface area (Å²) >= 11 is 6.20. The molecule has 0 atom stereocenters. The Bertz CT molecular complexity index is 994. The zero-order valence-corrected chi connectivity index (χ0v) is 18.2. The molecule has 158 valence electrons. The van der Waals surface area contributed by atoms with E-state index in [2.05, 4.69) is 4.98 Å². The van der Waals surface area contributed by atoms with E-state index >= 15 is 0 Å². The minimum absolute atomic E-state index is 0.0807. The van der Waals surface area contributed by atoms with Crippen LogP contribution in [0.4, 0.5) is 10.6 Å². The fraction of sp³-hybridized carbons (Fsp3) is 0.409. The van der Waals surface area contributed by atoms with Gasteiger partial charge in [0.25, 0.3) is 0 Å². The lowest BCUT2D eigenvalue weighted by Gasteiger charge is -2.46. The van der Waals surface area contributed by atoms with Gasteiger partial charge in [-0.1, -0.05) is 23.7 Å². The Hall–Kier alpha value is -2.80. The number of carbonyl (C=O) groups excluding carboxylic acids is 2. The van der Waals surface area contributed by atoms with Gasteiger partial charge in [0.05, 0.1) is 18.7 Å². The quantitative estimate of drug-likeness (QED) is 0.742. The van der Waals surface area contributed by atoms with Gasteiger partial charge in [-0.2, -0.15) is 0 Å². The molecule has 2 aliphatic rings. The molecule has 2 amide bonds. The Morgan fingerprint density at radius 2 is 1.90 bits per heavy atom. The first-order valence-electron chi connectivity index (χ1n) is 9.72. The molecular formula is C22H24ClN3O4. The minimum atomic E-state index is -0.837. The van der Waals surface area contributed by atoms with Gasteiger partial charge < -0.3 is 14.4 Å². The number of anilines is 1. The Kier molecular flexibility index (Phi) is 4.89. The predicted molar refractivity (Wildman–Crippen MR) is 113 cm³/mol. The van der Waals surface area contributed by atoms with Gasteiger partial charge in [0.15, 0.2) is 0 Å². The molecule has 2 aromatic rings. The maximum Gasteiger partial charge on any atom is 0.410 e. The fourth-order valence-corrected chi connectivity index (χ4v) is 4.05. The molecule has 4 rings (SSSR count). The molecule has 30 heavy (non-hydrogen) atoms. The van der Waals surface area contributed by atoms with E-state index in [4.69, 9.17) is 21.1 Å². The Labute approximate surface area is 180 Å². The van der Waals surface area contributed by atoms with Gasteiger partial charge in [-0.25, -0.2) is 9.78 Å². The summed E-state index contributed by atoms with van der Waals surface area (Å²) in [5.74, 6) is 1.26. The summed E-state index contributed by atoms with van der Waals surface area (Å²) in [5.41, 5.74) is 0.278. The van der Waals surface area contributed by atoms with E-state index in [0.717, 1.165) is 16.9 Å². The van der Waals surface area contributed by atoms with E-state index in [-0.39, 0.29) is 19.0 Å². The number of benzene rings is 1. The summed E-state index contributed by atoms with van der Waals surface area (Å²) in [6.07, 6.45) is 1.11. The largest absolute Gasteiger partial charge is 0.497 e. The number of hydrogen-bond acceptors (Lipinski definition) is 5. The normalized spacial score (nSPS) is 17.0. The standard InChI is InChI=1S/C22H24ClN3O4/c1-21(2,3)30-20(28)25-12-22(13-25)17-9-15(23)10-24-18(17)26(19(22)27)11-14-5-7-16(29-4)8-6-14/h5-10H,11-13H2,1-4H3. The van der Waals surface area contributed by atoms with Gasteiger partial charge in [0.1, 0.15) is 22.6 Å². The van der Waals surface area contributed by atoms with Crippen molar-refractivity contribution in [1.29, 1.82) is 0 Å². The van der Waals surface area contributed by atoms with E-state index in [1.54, 1.807) is 23.0 Å². The lowest BCUT2D eigenvalue weighted by atomic mass is 9.75. The molecule has 1 aromatic carbocycles. The molecule has 1 spiro atoms. The maximum atomic E-state index is 13.5. The zero-order chi connectivity index (χ0) is 21.7. The summed E-state index contributed by atoms with van der Waals surface area (Å²) in [6, 6.07) is 9.33. The summed E-state index contributed by atoms with van der Waals surface area (Å²) in [5, 5.41) is 0.461. The second-order valence-corrected chi connectivity index (χ2v) is 9.12. The molecule has 0 aliphatic carbocycles. The van der Waals surface area contributed by atoms with Gasteiger partial charge in [-0.3, -0.25) is 9.69 Å². The van der Waals surface area contributed by atoms with E-state index in [9.17, 15) is 9.59 Å². The first-order chi connectivity index (χ1) is 14.1. The Balaban J connectivity index is 1.60. The molecule has 0 radical (unpaired) electrons. The summed E-state index contributed by atoms with van der Waals surface area (Å²) in [4.78, 5) is 33.6. The number of halogens is 1. The highest BCUT2D eigenvalue weighted by Crippen LogP contribution is 2.48. The number of hydrogen-bond donors (Lipinski definition) is 0. The monoisotopic (exact) mass is 429 g/mol. The molecule has 7 nitrogen and oxygen atoms in total.